The number of rotatable bonds is 6. The number of methoxy groups -OCH3 is 1. The van der Waals surface area contributed by atoms with E-state index in [1.165, 1.54) is 7.11 Å². The van der Waals surface area contributed by atoms with E-state index in [0.717, 1.165) is 5.56 Å². The number of nitrogens with one attached hydrogen (secondary N) is 3. The van der Waals surface area contributed by atoms with E-state index in [-0.39, 0.29) is 0 Å². The van der Waals surface area contributed by atoms with Gasteiger partial charge in [0, 0.05) is 17.8 Å². The highest BCUT2D eigenvalue weighted by Gasteiger charge is 2.25. The molecule has 0 aliphatic heterocycles. The van der Waals surface area contributed by atoms with Crippen molar-refractivity contribution >= 4 is 29.5 Å². The molecule has 0 saturated carbocycles. The van der Waals surface area contributed by atoms with Gasteiger partial charge in [-0.3, -0.25) is 10.1 Å². The molecule has 1 unspecified atom stereocenters. The fourth-order valence-electron chi connectivity index (χ4n) is 2.54. The van der Waals surface area contributed by atoms with Crippen molar-refractivity contribution in [1.29, 1.82) is 0 Å². The maximum absolute atomic E-state index is 12.9. The predicted molar refractivity (Wildman–Crippen MR) is 114 cm³/mol. The summed E-state index contributed by atoms with van der Waals surface area (Å²) in [6.07, 6.45) is -0.957. The lowest BCUT2D eigenvalue weighted by molar-refractivity contribution is -0.118. The lowest BCUT2D eigenvalue weighted by Gasteiger charge is -2.23. The Morgan fingerprint density at radius 1 is 0.867 bits per heavy atom. The van der Waals surface area contributed by atoms with Gasteiger partial charge in [0.1, 0.15) is 11.6 Å². The second-order valence-electron chi connectivity index (χ2n) is 7.57. The van der Waals surface area contributed by atoms with Crippen LogP contribution in [0.2, 0.25) is 0 Å². The second kappa shape index (κ2) is 10.3. The summed E-state index contributed by atoms with van der Waals surface area (Å²) in [5.74, 6) is -0.390. The number of ether oxygens (including phenoxy) is 2. The van der Waals surface area contributed by atoms with Gasteiger partial charge in [-0.2, -0.15) is 0 Å². The Morgan fingerprint density at radius 3 is 1.97 bits per heavy atom. The number of benzene rings is 2. The Labute approximate surface area is 175 Å². The van der Waals surface area contributed by atoms with E-state index in [0.29, 0.717) is 17.8 Å². The van der Waals surface area contributed by atoms with Crippen LogP contribution in [0.4, 0.5) is 21.0 Å². The zero-order valence-electron chi connectivity index (χ0n) is 17.5. The fourth-order valence-corrected chi connectivity index (χ4v) is 2.54. The quantitative estimate of drug-likeness (QED) is 0.665. The maximum Gasteiger partial charge on any atom is 0.411 e. The summed E-state index contributed by atoms with van der Waals surface area (Å²) in [6.45, 7) is 5.26. The molecule has 0 bridgehead atoms. The Morgan fingerprint density at radius 2 is 1.43 bits per heavy atom. The summed E-state index contributed by atoms with van der Waals surface area (Å²) in [7, 11) is 1.27. The molecule has 30 heavy (non-hydrogen) atoms. The van der Waals surface area contributed by atoms with Crippen molar-refractivity contribution < 1.29 is 23.9 Å². The maximum atomic E-state index is 12.9. The molecule has 0 spiro atoms. The topological polar surface area (TPSA) is 106 Å². The van der Waals surface area contributed by atoms with Crippen molar-refractivity contribution in [3.8, 4) is 0 Å². The van der Waals surface area contributed by atoms with Crippen LogP contribution < -0.4 is 16.0 Å². The third-order valence-electron chi connectivity index (χ3n) is 3.87. The summed E-state index contributed by atoms with van der Waals surface area (Å²) < 4.78 is 9.82. The van der Waals surface area contributed by atoms with E-state index in [1.807, 2.05) is 30.3 Å². The molecule has 1 atom stereocenters. The lowest BCUT2D eigenvalue weighted by Crippen LogP contribution is -2.47. The van der Waals surface area contributed by atoms with Crippen LogP contribution in [0.25, 0.3) is 0 Å². The zero-order valence-corrected chi connectivity index (χ0v) is 17.5. The minimum Gasteiger partial charge on any atom is -0.453 e. The summed E-state index contributed by atoms with van der Waals surface area (Å²) >= 11 is 0. The molecule has 3 amide bonds. The van der Waals surface area contributed by atoms with E-state index in [1.54, 1.807) is 45.0 Å². The van der Waals surface area contributed by atoms with Crippen LogP contribution in [-0.4, -0.2) is 36.8 Å². The lowest BCUT2D eigenvalue weighted by atomic mass is 10.1. The molecular weight excluding hydrogens is 386 g/mol. The van der Waals surface area contributed by atoms with Crippen LogP contribution in [0.1, 0.15) is 26.3 Å². The third-order valence-corrected chi connectivity index (χ3v) is 3.87. The number of amides is 3. The summed E-state index contributed by atoms with van der Waals surface area (Å²) in [6, 6.07) is 15.1. The summed E-state index contributed by atoms with van der Waals surface area (Å²) in [5, 5.41) is 7.94. The number of hydrogen-bond acceptors (Lipinski definition) is 5. The smallest absolute Gasteiger partial charge is 0.411 e. The van der Waals surface area contributed by atoms with E-state index in [2.05, 4.69) is 20.7 Å². The van der Waals surface area contributed by atoms with Gasteiger partial charge < -0.3 is 20.1 Å². The van der Waals surface area contributed by atoms with Crippen molar-refractivity contribution in [1.82, 2.24) is 5.32 Å². The molecule has 0 radical (unpaired) electrons. The zero-order chi connectivity index (χ0) is 22.1. The van der Waals surface area contributed by atoms with Gasteiger partial charge in [0.05, 0.1) is 7.11 Å². The van der Waals surface area contributed by atoms with E-state index < -0.39 is 29.7 Å². The van der Waals surface area contributed by atoms with Gasteiger partial charge in [-0.25, -0.2) is 9.59 Å². The number of carbonyl (C=O) groups excluding carboxylic acids is 3. The molecule has 8 heteroatoms. The van der Waals surface area contributed by atoms with E-state index in [4.69, 9.17) is 4.74 Å². The van der Waals surface area contributed by atoms with Crippen LogP contribution in [0, 0.1) is 0 Å². The Hall–Kier alpha value is -3.55. The summed E-state index contributed by atoms with van der Waals surface area (Å²) in [4.78, 5) is 36.3. The monoisotopic (exact) mass is 413 g/mol. The molecule has 0 aromatic heterocycles. The first-order valence-electron chi connectivity index (χ1n) is 9.45. The predicted octanol–water partition coefficient (Wildman–Crippen LogP) is 3.94. The molecule has 0 heterocycles. The van der Waals surface area contributed by atoms with E-state index >= 15 is 0 Å². The Balaban J connectivity index is 2.09. The van der Waals surface area contributed by atoms with Crippen molar-refractivity contribution in [2.24, 2.45) is 0 Å². The van der Waals surface area contributed by atoms with Crippen molar-refractivity contribution in [2.45, 2.75) is 38.8 Å². The molecule has 0 aliphatic carbocycles. The number of alkyl carbamates (subject to hydrolysis) is 1. The number of anilines is 2. The van der Waals surface area contributed by atoms with Gasteiger partial charge in [-0.15, -0.1) is 0 Å². The van der Waals surface area contributed by atoms with Gasteiger partial charge in [0.2, 0.25) is 5.91 Å². The minimum atomic E-state index is -0.838. The molecular formula is C22H27N3O5. The van der Waals surface area contributed by atoms with Crippen LogP contribution in [0.15, 0.2) is 54.6 Å². The first-order chi connectivity index (χ1) is 14.2. The first-order valence-corrected chi connectivity index (χ1v) is 9.45. The SMILES string of the molecule is COC(=O)Nc1ccc(NC(=O)C(Cc2ccccc2)NC(=O)OC(C)(C)C)cc1. The van der Waals surface area contributed by atoms with Gasteiger partial charge >= 0.3 is 12.2 Å². The van der Waals surface area contributed by atoms with E-state index in [9.17, 15) is 14.4 Å². The molecule has 3 N–H and O–H groups in total. The number of carbonyl (C=O) groups is 3. The molecule has 2 aromatic rings. The largest absolute Gasteiger partial charge is 0.453 e. The fraction of sp³-hybridized carbons (Fsp3) is 0.318. The highest BCUT2D eigenvalue weighted by molar-refractivity contribution is 5.97. The molecule has 0 saturated heterocycles. The van der Waals surface area contributed by atoms with Crippen molar-refractivity contribution in [3.05, 3.63) is 60.2 Å². The van der Waals surface area contributed by atoms with Gasteiger partial charge in [0.15, 0.2) is 0 Å². The first kappa shape index (κ1) is 22.7. The summed E-state index contributed by atoms with van der Waals surface area (Å²) in [5.41, 5.74) is 1.25. The molecule has 0 fully saturated rings. The van der Waals surface area contributed by atoms with Crippen LogP contribution in [0.3, 0.4) is 0 Å². The van der Waals surface area contributed by atoms with Crippen LogP contribution in [-0.2, 0) is 20.7 Å². The highest BCUT2D eigenvalue weighted by atomic mass is 16.6. The second-order valence-corrected chi connectivity index (χ2v) is 7.57. The van der Waals surface area contributed by atoms with Crippen molar-refractivity contribution in [2.75, 3.05) is 17.7 Å². The third kappa shape index (κ3) is 7.83. The van der Waals surface area contributed by atoms with Gasteiger partial charge in [0.25, 0.3) is 0 Å². The highest BCUT2D eigenvalue weighted by Crippen LogP contribution is 2.15. The van der Waals surface area contributed by atoms with Gasteiger partial charge in [-0.05, 0) is 50.6 Å². The number of hydrogen-bond donors (Lipinski definition) is 3. The molecule has 160 valence electrons. The average molecular weight is 413 g/mol. The van der Waals surface area contributed by atoms with Crippen molar-refractivity contribution in [3.63, 3.8) is 0 Å². The molecule has 2 aromatic carbocycles. The minimum absolute atomic E-state index is 0.299. The average Bonchev–Trinajstić information content (AvgIpc) is 2.68. The van der Waals surface area contributed by atoms with Crippen LogP contribution >= 0.6 is 0 Å². The van der Waals surface area contributed by atoms with Crippen LogP contribution in [0.5, 0.6) is 0 Å². The molecule has 2 rings (SSSR count). The molecule has 0 aliphatic rings. The molecule has 8 nitrogen and oxygen atoms in total. The normalized spacial score (nSPS) is 11.7. The Bertz CT molecular complexity index is 861. The van der Waals surface area contributed by atoms with Gasteiger partial charge in [-0.1, -0.05) is 30.3 Å². The standard InChI is InChI=1S/C22H27N3O5/c1-22(2,3)30-21(28)25-18(14-15-8-6-5-7-9-15)19(26)23-16-10-12-17(13-11-16)24-20(27)29-4/h5-13,18H,14H2,1-4H3,(H,23,26)(H,24,27)(H,25,28). The Kier molecular flexibility index (Phi) is 7.80.